The van der Waals surface area contributed by atoms with E-state index in [0.29, 0.717) is 5.56 Å². The van der Waals surface area contributed by atoms with Gasteiger partial charge in [0.1, 0.15) is 12.2 Å². The summed E-state index contributed by atoms with van der Waals surface area (Å²) in [5, 5.41) is 0. The van der Waals surface area contributed by atoms with Crippen molar-refractivity contribution in [2.24, 2.45) is 0 Å². The zero-order valence-electron chi connectivity index (χ0n) is 13.9. The van der Waals surface area contributed by atoms with Crippen LogP contribution in [0.15, 0.2) is 15.8 Å². The topological polar surface area (TPSA) is 91.8 Å². The highest BCUT2D eigenvalue weighted by atomic mass is 16.7. The highest BCUT2D eigenvalue weighted by molar-refractivity contribution is 5.15. The van der Waals surface area contributed by atoms with Crippen molar-refractivity contribution in [2.45, 2.75) is 57.0 Å². The standard InChI is InChI=1S/C15H22N2O6/c1-7-6-17(14(19)16-12(7)18)13-10-11(21-5)15(23-13,8(2)20-4)9(3)22-10/h6,8-11,13H,1-5H3,(H,16,18,19)/t8-,9-,10+,11-,13?,15?/m0/s1. The van der Waals surface area contributed by atoms with Gasteiger partial charge in [0, 0.05) is 26.0 Å². The minimum Gasteiger partial charge on any atom is -0.379 e. The van der Waals surface area contributed by atoms with Crippen LogP contribution in [0.3, 0.4) is 0 Å². The van der Waals surface area contributed by atoms with Crippen molar-refractivity contribution in [1.29, 1.82) is 0 Å². The number of aromatic amines is 1. The number of nitrogens with zero attached hydrogens (tertiary/aromatic N) is 1. The summed E-state index contributed by atoms with van der Waals surface area (Å²) in [7, 11) is 3.18. The van der Waals surface area contributed by atoms with E-state index in [4.69, 9.17) is 18.9 Å². The molecule has 2 aliphatic heterocycles. The van der Waals surface area contributed by atoms with Gasteiger partial charge in [0.05, 0.1) is 12.2 Å². The van der Waals surface area contributed by atoms with Crippen LogP contribution in [-0.4, -0.2) is 53.8 Å². The number of nitrogens with one attached hydrogen (secondary N) is 1. The maximum Gasteiger partial charge on any atom is 0.330 e. The predicted octanol–water partition coefficient (Wildman–Crippen LogP) is -0.0502. The van der Waals surface area contributed by atoms with Gasteiger partial charge in [-0.3, -0.25) is 14.3 Å². The Morgan fingerprint density at radius 1 is 1.39 bits per heavy atom. The van der Waals surface area contributed by atoms with Crippen LogP contribution in [0.4, 0.5) is 0 Å². The van der Waals surface area contributed by atoms with E-state index in [9.17, 15) is 9.59 Å². The minimum atomic E-state index is -0.817. The zero-order chi connectivity index (χ0) is 16.9. The highest BCUT2D eigenvalue weighted by Crippen LogP contribution is 2.51. The Balaban J connectivity index is 2.07. The minimum absolute atomic E-state index is 0.247. The number of fused-ring (bicyclic) bond motifs is 2. The lowest BCUT2D eigenvalue weighted by atomic mass is 9.88. The average Bonchev–Trinajstić information content (AvgIpc) is 2.99. The third-order valence-electron chi connectivity index (χ3n) is 5.01. The summed E-state index contributed by atoms with van der Waals surface area (Å²) < 4.78 is 24.7. The monoisotopic (exact) mass is 326 g/mol. The van der Waals surface area contributed by atoms with E-state index in [1.165, 1.54) is 10.8 Å². The van der Waals surface area contributed by atoms with Gasteiger partial charge in [-0.1, -0.05) is 0 Å². The molecule has 128 valence electrons. The van der Waals surface area contributed by atoms with Gasteiger partial charge in [-0.2, -0.15) is 0 Å². The van der Waals surface area contributed by atoms with E-state index in [1.54, 1.807) is 21.1 Å². The molecular weight excluding hydrogens is 304 g/mol. The molecule has 0 aliphatic carbocycles. The second-order valence-corrected chi connectivity index (χ2v) is 6.12. The molecule has 1 aromatic heterocycles. The van der Waals surface area contributed by atoms with Crippen LogP contribution in [0.2, 0.25) is 0 Å². The fourth-order valence-corrected chi connectivity index (χ4v) is 3.71. The molecule has 23 heavy (non-hydrogen) atoms. The van der Waals surface area contributed by atoms with E-state index >= 15 is 0 Å². The van der Waals surface area contributed by atoms with Crippen LogP contribution in [-0.2, 0) is 18.9 Å². The Bertz CT molecular complexity index is 713. The number of rotatable bonds is 4. The van der Waals surface area contributed by atoms with Crippen molar-refractivity contribution in [3.05, 3.63) is 32.6 Å². The van der Waals surface area contributed by atoms with E-state index < -0.39 is 29.2 Å². The summed E-state index contributed by atoms with van der Waals surface area (Å²) in [4.78, 5) is 26.0. The molecule has 0 radical (unpaired) electrons. The van der Waals surface area contributed by atoms with Gasteiger partial charge in [0.2, 0.25) is 0 Å². The van der Waals surface area contributed by atoms with Crippen LogP contribution < -0.4 is 11.2 Å². The Kier molecular flexibility index (Phi) is 3.96. The van der Waals surface area contributed by atoms with Crippen molar-refractivity contribution >= 4 is 0 Å². The molecule has 6 atom stereocenters. The summed E-state index contributed by atoms with van der Waals surface area (Å²) in [6, 6.07) is 0. The quantitative estimate of drug-likeness (QED) is 0.834. The zero-order valence-corrected chi connectivity index (χ0v) is 13.9. The predicted molar refractivity (Wildman–Crippen MR) is 80.5 cm³/mol. The van der Waals surface area contributed by atoms with Gasteiger partial charge in [0.15, 0.2) is 11.8 Å². The molecule has 1 N–H and O–H groups in total. The van der Waals surface area contributed by atoms with Crippen LogP contribution in [0.1, 0.15) is 25.6 Å². The maximum absolute atomic E-state index is 12.2. The van der Waals surface area contributed by atoms with E-state index in [2.05, 4.69) is 4.98 Å². The fraction of sp³-hybridized carbons (Fsp3) is 0.733. The molecule has 2 bridgehead atoms. The molecule has 8 nitrogen and oxygen atoms in total. The van der Waals surface area contributed by atoms with Crippen LogP contribution >= 0.6 is 0 Å². The van der Waals surface area contributed by atoms with Gasteiger partial charge in [-0.15, -0.1) is 0 Å². The molecular formula is C15H22N2O6. The number of methoxy groups -OCH3 is 2. The Morgan fingerprint density at radius 2 is 2.09 bits per heavy atom. The third kappa shape index (κ3) is 2.13. The van der Waals surface area contributed by atoms with Crippen molar-refractivity contribution in [3.63, 3.8) is 0 Å². The molecule has 8 heteroatoms. The van der Waals surface area contributed by atoms with Crippen molar-refractivity contribution in [1.82, 2.24) is 9.55 Å². The molecule has 3 rings (SSSR count). The molecule has 1 aromatic rings. The molecule has 3 heterocycles. The number of hydrogen-bond donors (Lipinski definition) is 1. The number of aromatic nitrogens is 2. The first-order valence-electron chi connectivity index (χ1n) is 7.57. The molecule has 0 aromatic carbocycles. The smallest absolute Gasteiger partial charge is 0.330 e. The van der Waals surface area contributed by atoms with Crippen LogP contribution in [0, 0.1) is 6.92 Å². The van der Waals surface area contributed by atoms with Crippen molar-refractivity contribution in [2.75, 3.05) is 14.2 Å². The second-order valence-electron chi connectivity index (χ2n) is 6.12. The fourth-order valence-electron chi connectivity index (χ4n) is 3.71. The molecule has 0 spiro atoms. The van der Waals surface area contributed by atoms with Gasteiger partial charge in [0.25, 0.3) is 5.56 Å². The van der Waals surface area contributed by atoms with Crippen molar-refractivity contribution in [3.8, 4) is 0 Å². The first-order valence-corrected chi connectivity index (χ1v) is 7.57. The molecule has 2 unspecified atom stereocenters. The highest BCUT2D eigenvalue weighted by Gasteiger charge is 2.69. The van der Waals surface area contributed by atoms with Gasteiger partial charge < -0.3 is 18.9 Å². The lowest BCUT2D eigenvalue weighted by molar-refractivity contribution is -0.240. The maximum atomic E-state index is 12.2. The Hall–Kier alpha value is -1.48. The van der Waals surface area contributed by atoms with Gasteiger partial charge >= 0.3 is 5.69 Å². The molecule has 2 fully saturated rings. The third-order valence-corrected chi connectivity index (χ3v) is 5.01. The molecule has 2 aliphatic rings. The van der Waals surface area contributed by atoms with E-state index in [-0.39, 0.29) is 18.3 Å². The first kappa shape index (κ1) is 16.4. The summed E-state index contributed by atoms with van der Waals surface area (Å²) in [5.41, 5.74) is -1.34. The summed E-state index contributed by atoms with van der Waals surface area (Å²) >= 11 is 0. The first-order chi connectivity index (χ1) is 10.9. The molecule has 2 saturated heterocycles. The lowest BCUT2D eigenvalue weighted by Gasteiger charge is -2.39. The number of aryl methyl sites for hydroxylation is 1. The van der Waals surface area contributed by atoms with Crippen LogP contribution in [0.25, 0.3) is 0 Å². The van der Waals surface area contributed by atoms with E-state index in [1.807, 2.05) is 13.8 Å². The summed E-state index contributed by atoms with van der Waals surface area (Å²) in [5.74, 6) is 0. The van der Waals surface area contributed by atoms with Crippen molar-refractivity contribution < 1.29 is 18.9 Å². The number of H-pyrrole nitrogens is 1. The SMILES string of the molecule is CO[C@@H](C)C12OC(n3cc(C)c(=O)[nH]c3=O)[C@H](O[C@H]1C)[C@@H]2OC. The summed E-state index contributed by atoms with van der Waals surface area (Å²) in [6.45, 7) is 5.42. The molecule has 0 amide bonds. The molecule has 0 saturated carbocycles. The normalized spacial score (nSPS) is 37.3. The average molecular weight is 326 g/mol. The number of hydrogen-bond acceptors (Lipinski definition) is 6. The van der Waals surface area contributed by atoms with E-state index in [0.717, 1.165) is 0 Å². The second kappa shape index (κ2) is 5.55. The number of ether oxygens (including phenoxy) is 4. The Morgan fingerprint density at radius 3 is 2.70 bits per heavy atom. The van der Waals surface area contributed by atoms with Gasteiger partial charge in [-0.05, 0) is 20.8 Å². The summed E-state index contributed by atoms with van der Waals surface area (Å²) in [6.07, 6.45) is -0.581. The Labute approximate surface area is 133 Å². The largest absolute Gasteiger partial charge is 0.379 e. The van der Waals surface area contributed by atoms with Crippen LogP contribution in [0.5, 0.6) is 0 Å². The lowest BCUT2D eigenvalue weighted by Crippen LogP contribution is -2.55. The van der Waals surface area contributed by atoms with Gasteiger partial charge in [-0.25, -0.2) is 4.79 Å².